The SMILES string of the molecule is c1cc(CN2CCCC3(CNC3)C2)ccn1. The first kappa shape index (κ1) is 10.2. The van der Waals surface area contributed by atoms with E-state index >= 15 is 0 Å². The van der Waals surface area contributed by atoms with Crippen molar-refractivity contribution in [1.29, 1.82) is 0 Å². The number of aromatic nitrogens is 1. The third-order valence-electron chi connectivity index (χ3n) is 3.90. The van der Waals surface area contributed by atoms with E-state index in [2.05, 4.69) is 27.3 Å². The Kier molecular flexibility index (Phi) is 2.65. The van der Waals surface area contributed by atoms with Crippen LogP contribution in [0.5, 0.6) is 0 Å². The van der Waals surface area contributed by atoms with Crippen LogP contribution in [-0.2, 0) is 6.54 Å². The summed E-state index contributed by atoms with van der Waals surface area (Å²) >= 11 is 0. The van der Waals surface area contributed by atoms with Gasteiger partial charge in [-0.05, 0) is 37.1 Å². The van der Waals surface area contributed by atoms with Crippen LogP contribution in [-0.4, -0.2) is 36.1 Å². The molecule has 3 heteroatoms. The quantitative estimate of drug-likeness (QED) is 0.808. The van der Waals surface area contributed by atoms with Crippen molar-refractivity contribution in [2.75, 3.05) is 26.2 Å². The normalized spacial score (nSPS) is 24.2. The van der Waals surface area contributed by atoms with Crippen LogP contribution in [0.1, 0.15) is 18.4 Å². The number of likely N-dealkylation sites (tertiary alicyclic amines) is 1. The molecule has 1 spiro atoms. The van der Waals surface area contributed by atoms with Crippen LogP contribution in [0.15, 0.2) is 24.5 Å². The van der Waals surface area contributed by atoms with Crippen LogP contribution in [0.25, 0.3) is 0 Å². The topological polar surface area (TPSA) is 28.2 Å². The maximum absolute atomic E-state index is 4.07. The van der Waals surface area contributed by atoms with Gasteiger partial charge in [0.05, 0.1) is 0 Å². The number of pyridine rings is 1. The Bertz CT molecular complexity index is 345. The summed E-state index contributed by atoms with van der Waals surface area (Å²) in [5.74, 6) is 0. The lowest BCUT2D eigenvalue weighted by molar-refractivity contribution is 0.0375. The average Bonchev–Trinajstić information content (AvgIpc) is 2.29. The van der Waals surface area contributed by atoms with Crippen molar-refractivity contribution in [2.24, 2.45) is 5.41 Å². The van der Waals surface area contributed by atoms with E-state index in [1.165, 1.54) is 44.6 Å². The minimum absolute atomic E-state index is 0.602. The van der Waals surface area contributed by atoms with Gasteiger partial charge in [0.15, 0.2) is 0 Å². The molecular formula is C13H19N3. The second-order valence-electron chi connectivity index (χ2n) is 5.27. The van der Waals surface area contributed by atoms with E-state index in [0.717, 1.165) is 6.54 Å². The van der Waals surface area contributed by atoms with E-state index in [4.69, 9.17) is 0 Å². The first-order valence-corrected chi connectivity index (χ1v) is 6.18. The molecule has 0 bridgehead atoms. The smallest absolute Gasteiger partial charge is 0.0271 e. The summed E-state index contributed by atoms with van der Waals surface area (Å²) in [7, 11) is 0. The summed E-state index contributed by atoms with van der Waals surface area (Å²) < 4.78 is 0. The summed E-state index contributed by atoms with van der Waals surface area (Å²) in [4.78, 5) is 6.66. The fourth-order valence-electron chi connectivity index (χ4n) is 2.96. The van der Waals surface area contributed by atoms with Gasteiger partial charge in [-0.2, -0.15) is 0 Å². The van der Waals surface area contributed by atoms with Gasteiger partial charge in [-0.15, -0.1) is 0 Å². The highest BCUT2D eigenvalue weighted by molar-refractivity contribution is 5.10. The first-order chi connectivity index (χ1) is 7.86. The Morgan fingerprint density at radius 3 is 2.81 bits per heavy atom. The largest absolute Gasteiger partial charge is 0.315 e. The number of hydrogen-bond acceptors (Lipinski definition) is 3. The second-order valence-corrected chi connectivity index (χ2v) is 5.27. The monoisotopic (exact) mass is 217 g/mol. The van der Waals surface area contributed by atoms with Crippen LogP contribution < -0.4 is 5.32 Å². The Morgan fingerprint density at radius 2 is 2.12 bits per heavy atom. The van der Waals surface area contributed by atoms with E-state index < -0.39 is 0 Å². The maximum atomic E-state index is 4.07. The van der Waals surface area contributed by atoms with E-state index in [0.29, 0.717) is 5.41 Å². The fraction of sp³-hybridized carbons (Fsp3) is 0.615. The Hall–Kier alpha value is -0.930. The molecule has 0 saturated carbocycles. The van der Waals surface area contributed by atoms with Crippen molar-refractivity contribution in [3.8, 4) is 0 Å². The van der Waals surface area contributed by atoms with Gasteiger partial charge >= 0.3 is 0 Å². The average molecular weight is 217 g/mol. The molecular weight excluding hydrogens is 198 g/mol. The maximum Gasteiger partial charge on any atom is 0.0271 e. The van der Waals surface area contributed by atoms with Crippen molar-refractivity contribution in [3.63, 3.8) is 0 Å². The van der Waals surface area contributed by atoms with Crippen LogP contribution in [0, 0.1) is 5.41 Å². The molecule has 2 fully saturated rings. The molecule has 2 aliphatic heterocycles. The van der Waals surface area contributed by atoms with Crippen LogP contribution >= 0.6 is 0 Å². The second kappa shape index (κ2) is 4.15. The minimum Gasteiger partial charge on any atom is -0.315 e. The number of nitrogens with one attached hydrogen (secondary N) is 1. The van der Waals surface area contributed by atoms with Crippen molar-refractivity contribution < 1.29 is 0 Å². The number of hydrogen-bond donors (Lipinski definition) is 1. The zero-order chi connectivity index (χ0) is 10.8. The lowest BCUT2D eigenvalue weighted by atomic mass is 9.75. The zero-order valence-electron chi connectivity index (χ0n) is 9.65. The standard InChI is InChI=1S/C13H19N3/c1-4-13(9-15-10-13)11-16(7-1)8-12-2-5-14-6-3-12/h2-3,5-6,15H,1,4,7-11H2. The molecule has 0 amide bonds. The predicted octanol–water partition coefficient (Wildman–Crippen LogP) is 1.27. The molecule has 1 N–H and O–H groups in total. The third kappa shape index (κ3) is 1.97. The highest BCUT2D eigenvalue weighted by atomic mass is 15.2. The van der Waals surface area contributed by atoms with Gasteiger partial charge in [-0.25, -0.2) is 0 Å². The Balaban J connectivity index is 1.63. The van der Waals surface area contributed by atoms with Crippen LogP contribution in [0.3, 0.4) is 0 Å². The van der Waals surface area contributed by atoms with Gasteiger partial charge in [0.2, 0.25) is 0 Å². The number of rotatable bonds is 2. The summed E-state index contributed by atoms with van der Waals surface area (Å²) in [6, 6.07) is 4.25. The lowest BCUT2D eigenvalue weighted by Gasteiger charge is -2.49. The summed E-state index contributed by atoms with van der Waals surface area (Å²) in [6.07, 6.45) is 6.54. The van der Waals surface area contributed by atoms with Crippen molar-refractivity contribution >= 4 is 0 Å². The first-order valence-electron chi connectivity index (χ1n) is 6.18. The summed E-state index contributed by atoms with van der Waals surface area (Å²) in [5, 5.41) is 3.42. The van der Waals surface area contributed by atoms with E-state index in [1.807, 2.05) is 12.4 Å². The highest BCUT2D eigenvalue weighted by Crippen LogP contribution is 2.33. The Labute approximate surface area is 96.9 Å². The molecule has 3 nitrogen and oxygen atoms in total. The molecule has 1 aromatic heterocycles. The molecule has 3 heterocycles. The molecule has 0 aromatic carbocycles. The van der Waals surface area contributed by atoms with Gasteiger partial charge in [-0.1, -0.05) is 0 Å². The predicted molar refractivity (Wildman–Crippen MR) is 64.1 cm³/mol. The van der Waals surface area contributed by atoms with Crippen LogP contribution in [0.4, 0.5) is 0 Å². The van der Waals surface area contributed by atoms with Gasteiger partial charge in [0, 0.05) is 44.0 Å². The molecule has 3 rings (SSSR count). The van der Waals surface area contributed by atoms with Gasteiger partial charge in [0.25, 0.3) is 0 Å². The third-order valence-corrected chi connectivity index (χ3v) is 3.90. The van der Waals surface area contributed by atoms with E-state index in [-0.39, 0.29) is 0 Å². The molecule has 2 aliphatic rings. The number of nitrogens with zero attached hydrogens (tertiary/aromatic N) is 2. The zero-order valence-corrected chi connectivity index (χ0v) is 9.65. The van der Waals surface area contributed by atoms with Crippen molar-refractivity contribution in [1.82, 2.24) is 15.2 Å². The summed E-state index contributed by atoms with van der Waals surface area (Å²) in [6.45, 7) is 6.05. The fourth-order valence-corrected chi connectivity index (χ4v) is 2.96. The van der Waals surface area contributed by atoms with E-state index in [9.17, 15) is 0 Å². The Morgan fingerprint density at radius 1 is 1.31 bits per heavy atom. The molecule has 0 atom stereocenters. The molecule has 86 valence electrons. The molecule has 0 aliphatic carbocycles. The van der Waals surface area contributed by atoms with Gasteiger partial charge < -0.3 is 5.32 Å². The highest BCUT2D eigenvalue weighted by Gasteiger charge is 2.40. The van der Waals surface area contributed by atoms with Crippen LogP contribution in [0.2, 0.25) is 0 Å². The molecule has 1 aromatic rings. The van der Waals surface area contributed by atoms with Gasteiger partial charge in [-0.3, -0.25) is 9.88 Å². The molecule has 2 saturated heterocycles. The molecule has 0 unspecified atom stereocenters. The number of piperidine rings is 1. The molecule has 0 radical (unpaired) electrons. The minimum atomic E-state index is 0.602. The lowest BCUT2D eigenvalue weighted by Crippen LogP contribution is -2.60. The van der Waals surface area contributed by atoms with Crippen molar-refractivity contribution in [3.05, 3.63) is 30.1 Å². The summed E-state index contributed by atoms with van der Waals surface area (Å²) in [5.41, 5.74) is 1.99. The van der Waals surface area contributed by atoms with E-state index in [1.54, 1.807) is 0 Å². The van der Waals surface area contributed by atoms with Gasteiger partial charge in [0.1, 0.15) is 0 Å². The van der Waals surface area contributed by atoms with Crippen molar-refractivity contribution in [2.45, 2.75) is 19.4 Å². The molecule has 16 heavy (non-hydrogen) atoms.